The maximum absolute atomic E-state index is 11.9. The van der Waals surface area contributed by atoms with Gasteiger partial charge >= 0.3 is 0 Å². The molecule has 1 aliphatic rings. The first-order chi connectivity index (χ1) is 7.11. The maximum Gasteiger partial charge on any atom is 0.224 e. The molecule has 3 N–H and O–H groups in total. The fraction of sp³-hybridized carbons (Fsp3) is 0.909. The Kier molecular flexibility index (Phi) is 4.54. The molecular weight excluding hydrogens is 192 g/mol. The van der Waals surface area contributed by atoms with Crippen LogP contribution in [-0.4, -0.2) is 31.2 Å². The Balaban J connectivity index is 2.45. The van der Waals surface area contributed by atoms with Crippen LogP contribution in [0.4, 0.5) is 0 Å². The van der Waals surface area contributed by atoms with E-state index in [1.165, 1.54) is 0 Å². The van der Waals surface area contributed by atoms with E-state index in [1.54, 1.807) is 0 Å². The van der Waals surface area contributed by atoms with Crippen molar-refractivity contribution in [2.45, 2.75) is 38.6 Å². The molecule has 4 heteroatoms. The molecule has 0 aliphatic carbocycles. The summed E-state index contributed by atoms with van der Waals surface area (Å²) in [5.41, 5.74) is 5.40. The molecule has 1 aliphatic heterocycles. The molecule has 1 saturated heterocycles. The van der Waals surface area contributed by atoms with Crippen LogP contribution in [0.2, 0.25) is 0 Å². The normalized spacial score (nSPS) is 27.7. The van der Waals surface area contributed by atoms with Crippen LogP contribution < -0.4 is 11.1 Å². The van der Waals surface area contributed by atoms with Crippen LogP contribution in [0.3, 0.4) is 0 Å². The number of hydrogen-bond acceptors (Lipinski definition) is 3. The zero-order valence-corrected chi connectivity index (χ0v) is 9.71. The maximum atomic E-state index is 11.9. The van der Waals surface area contributed by atoms with E-state index in [-0.39, 0.29) is 17.4 Å². The number of hydrogen-bond donors (Lipinski definition) is 2. The number of nitrogens with one attached hydrogen (secondary N) is 1. The minimum absolute atomic E-state index is 0.0487. The van der Waals surface area contributed by atoms with Crippen LogP contribution in [0.1, 0.15) is 33.1 Å². The van der Waals surface area contributed by atoms with Crippen molar-refractivity contribution in [3.05, 3.63) is 0 Å². The summed E-state index contributed by atoms with van der Waals surface area (Å²) in [4.78, 5) is 11.9. The molecule has 0 bridgehead atoms. The smallest absolute Gasteiger partial charge is 0.224 e. The van der Waals surface area contributed by atoms with E-state index in [1.807, 2.05) is 6.92 Å². The lowest BCUT2D eigenvalue weighted by Gasteiger charge is -2.26. The summed E-state index contributed by atoms with van der Waals surface area (Å²) in [7, 11) is 0. The van der Waals surface area contributed by atoms with Gasteiger partial charge in [-0.05, 0) is 19.8 Å². The van der Waals surface area contributed by atoms with Crippen molar-refractivity contribution in [3.8, 4) is 0 Å². The molecule has 2 atom stereocenters. The van der Waals surface area contributed by atoms with Crippen molar-refractivity contribution in [1.29, 1.82) is 0 Å². The fourth-order valence-electron chi connectivity index (χ4n) is 1.87. The first-order valence-corrected chi connectivity index (χ1v) is 5.71. The van der Waals surface area contributed by atoms with E-state index in [0.717, 1.165) is 25.9 Å². The van der Waals surface area contributed by atoms with E-state index in [0.29, 0.717) is 13.2 Å². The van der Waals surface area contributed by atoms with Gasteiger partial charge in [-0.1, -0.05) is 13.3 Å². The average molecular weight is 214 g/mol. The molecule has 0 spiro atoms. The third kappa shape index (κ3) is 3.47. The Hall–Kier alpha value is -0.610. The van der Waals surface area contributed by atoms with Gasteiger partial charge in [0, 0.05) is 13.2 Å². The molecule has 0 saturated carbocycles. The van der Waals surface area contributed by atoms with Crippen LogP contribution >= 0.6 is 0 Å². The van der Waals surface area contributed by atoms with Gasteiger partial charge in [0.1, 0.15) is 0 Å². The van der Waals surface area contributed by atoms with Crippen molar-refractivity contribution >= 4 is 5.91 Å². The summed E-state index contributed by atoms with van der Waals surface area (Å²) in [6, 6.07) is 0. The van der Waals surface area contributed by atoms with Crippen molar-refractivity contribution in [3.63, 3.8) is 0 Å². The third-order valence-corrected chi connectivity index (χ3v) is 2.94. The van der Waals surface area contributed by atoms with E-state index in [9.17, 15) is 4.79 Å². The number of carbonyl (C=O) groups is 1. The fourth-order valence-corrected chi connectivity index (χ4v) is 1.87. The summed E-state index contributed by atoms with van der Waals surface area (Å²) < 4.78 is 5.29. The van der Waals surface area contributed by atoms with Crippen LogP contribution in [0.15, 0.2) is 0 Å². The Morgan fingerprint density at radius 1 is 1.67 bits per heavy atom. The summed E-state index contributed by atoms with van der Waals surface area (Å²) in [5, 5.41) is 3.05. The lowest BCUT2D eigenvalue weighted by molar-refractivity contribution is -0.126. The largest absolute Gasteiger partial charge is 0.379 e. The predicted octanol–water partition coefficient (Wildman–Crippen LogP) is 0.657. The summed E-state index contributed by atoms with van der Waals surface area (Å²) in [6.45, 7) is 5.87. The first kappa shape index (κ1) is 12.5. The second-order valence-electron chi connectivity index (χ2n) is 4.57. The molecule has 0 radical (unpaired) electrons. The lowest BCUT2D eigenvalue weighted by atomic mass is 9.97. The molecule has 4 nitrogen and oxygen atoms in total. The minimum Gasteiger partial charge on any atom is -0.379 e. The Bertz CT molecular complexity index is 213. The van der Waals surface area contributed by atoms with Gasteiger partial charge in [-0.15, -0.1) is 0 Å². The molecule has 2 unspecified atom stereocenters. The Labute approximate surface area is 91.5 Å². The molecule has 1 amide bonds. The van der Waals surface area contributed by atoms with Gasteiger partial charge < -0.3 is 15.8 Å². The van der Waals surface area contributed by atoms with E-state index in [4.69, 9.17) is 10.5 Å². The average Bonchev–Trinajstić information content (AvgIpc) is 2.60. The van der Waals surface area contributed by atoms with Crippen molar-refractivity contribution in [2.24, 2.45) is 11.7 Å². The van der Waals surface area contributed by atoms with Crippen LogP contribution in [-0.2, 0) is 9.53 Å². The minimum atomic E-state index is -0.182. The molecule has 1 heterocycles. The Morgan fingerprint density at radius 3 is 2.87 bits per heavy atom. The standard InChI is InChI=1S/C11H22N2O2/c1-3-4-9(7-12)10(14)13-11(2)5-6-15-8-11/h9H,3-8,12H2,1-2H3,(H,13,14). The first-order valence-electron chi connectivity index (χ1n) is 5.71. The second-order valence-corrected chi connectivity index (χ2v) is 4.57. The monoisotopic (exact) mass is 214 g/mol. The summed E-state index contributed by atoms with van der Waals surface area (Å²) >= 11 is 0. The zero-order valence-electron chi connectivity index (χ0n) is 9.71. The number of rotatable bonds is 5. The molecule has 0 aromatic carbocycles. The number of amides is 1. The van der Waals surface area contributed by atoms with Crippen LogP contribution in [0, 0.1) is 5.92 Å². The van der Waals surface area contributed by atoms with E-state index >= 15 is 0 Å². The molecule has 1 fully saturated rings. The van der Waals surface area contributed by atoms with E-state index < -0.39 is 0 Å². The second kappa shape index (κ2) is 5.47. The highest BCUT2D eigenvalue weighted by molar-refractivity contribution is 5.79. The van der Waals surface area contributed by atoms with Crippen LogP contribution in [0.5, 0.6) is 0 Å². The van der Waals surface area contributed by atoms with Crippen molar-refractivity contribution in [2.75, 3.05) is 19.8 Å². The van der Waals surface area contributed by atoms with Gasteiger partial charge in [0.2, 0.25) is 5.91 Å². The molecule has 0 aromatic heterocycles. The highest BCUT2D eigenvalue weighted by atomic mass is 16.5. The lowest BCUT2D eigenvalue weighted by Crippen LogP contribution is -2.49. The molecule has 1 rings (SSSR count). The highest BCUT2D eigenvalue weighted by Gasteiger charge is 2.32. The molecule has 0 aromatic rings. The van der Waals surface area contributed by atoms with Crippen molar-refractivity contribution < 1.29 is 9.53 Å². The van der Waals surface area contributed by atoms with Gasteiger partial charge in [0.25, 0.3) is 0 Å². The SMILES string of the molecule is CCCC(CN)C(=O)NC1(C)CCOC1. The van der Waals surface area contributed by atoms with Gasteiger partial charge in [-0.2, -0.15) is 0 Å². The number of carbonyl (C=O) groups excluding carboxylic acids is 1. The van der Waals surface area contributed by atoms with Gasteiger partial charge in [-0.25, -0.2) is 0 Å². The summed E-state index contributed by atoms with van der Waals surface area (Å²) in [6.07, 6.45) is 2.74. The van der Waals surface area contributed by atoms with Gasteiger partial charge in [-0.3, -0.25) is 4.79 Å². The van der Waals surface area contributed by atoms with Gasteiger partial charge in [0.05, 0.1) is 18.1 Å². The topological polar surface area (TPSA) is 64.4 Å². The third-order valence-electron chi connectivity index (χ3n) is 2.94. The number of nitrogens with two attached hydrogens (primary N) is 1. The number of ether oxygens (including phenoxy) is 1. The van der Waals surface area contributed by atoms with Crippen LogP contribution in [0.25, 0.3) is 0 Å². The van der Waals surface area contributed by atoms with E-state index in [2.05, 4.69) is 12.2 Å². The molecule has 15 heavy (non-hydrogen) atoms. The van der Waals surface area contributed by atoms with Gasteiger partial charge in [0.15, 0.2) is 0 Å². The molecular formula is C11H22N2O2. The molecule has 88 valence electrons. The summed E-state index contributed by atoms with van der Waals surface area (Å²) in [5.74, 6) is 0.0276. The Morgan fingerprint density at radius 2 is 2.40 bits per heavy atom. The quantitative estimate of drug-likeness (QED) is 0.706. The highest BCUT2D eigenvalue weighted by Crippen LogP contribution is 2.18. The predicted molar refractivity (Wildman–Crippen MR) is 59.4 cm³/mol. The zero-order chi connectivity index (χ0) is 11.3. The van der Waals surface area contributed by atoms with Crippen molar-refractivity contribution in [1.82, 2.24) is 5.32 Å².